The van der Waals surface area contributed by atoms with Gasteiger partial charge in [0.2, 0.25) is 5.90 Å². The lowest BCUT2D eigenvalue weighted by Gasteiger charge is -2.54. The fraction of sp³-hybridized carbons (Fsp3) is 0.619. The molecule has 0 aromatic heterocycles. The summed E-state index contributed by atoms with van der Waals surface area (Å²) in [6.45, 7) is 2.31. The summed E-state index contributed by atoms with van der Waals surface area (Å²) in [5, 5.41) is 9.79. The topological polar surface area (TPSA) is 54.6 Å². The summed E-state index contributed by atoms with van der Waals surface area (Å²) >= 11 is 0. The van der Waals surface area contributed by atoms with Crippen molar-refractivity contribution < 1.29 is 9.47 Å². The van der Waals surface area contributed by atoms with Gasteiger partial charge in [0.1, 0.15) is 6.07 Å². The minimum Gasteiger partial charge on any atom is -0.427 e. The number of ether oxygens (including phenoxy) is 2. The Morgan fingerprint density at radius 3 is 2.40 bits per heavy atom. The Labute approximate surface area is 148 Å². The summed E-state index contributed by atoms with van der Waals surface area (Å²) in [6, 6.07) is 10.1. The van der Waals surface area contributed by atoms with E-state index in [0.717, 1.165) is 28.9 Å². The molecule has 130 valence electrons. The van der Waals surface area contributed by atoms with Crippen molar-refractivity contribution >= 4 is 5.90 Å². The average Bonchev–Trinajstić information content (AvgIpc) is 2.88. The Morgan fingerprint density at radius 2 is 1.80 bits per heavy atom. The maximum Gasteiger partial charge on any atom is 0.330 e. The van der Waals surface area contributed by atoms with Gasteiger partial charge in [-0.3, -0.25) is 0 Å². The van der Waals surface area contributed by atoms with E-state index in [1.54, 1.807) is 0 Å². The summed E-state index contributed by atoms with van der Waals surface area (Å²) in [5.41, 5.74) is 1.74. The number of fused-ring (bicyclic) bond motifs is 1. The van der Waals surface area contributed by atoms with Gasteiger partial charge in [-0.1, -0.05) is 18.2 Å². The molecule has 4 bridgehead atoms. The molecular weight excluding hydrogens is 312 g/mol. The van der Waals surface area contributed by atoms with Gasteiger partial charge in [0.25, 0.3) is 0 Å². The van der Waals surface area contributed by atoms with Gasteiger partial charge in [-0.25, -0.2) is 4.99 Å². The van der Waals surface area contributed by atoms with Crippen LogP contribution in [-0.4, -0.2) is 18.0 Å². The van der Waals surface area contributed by atoms with Crippen LogP contribution < -0.4 is 0 Å². The molecule has 4 heteroatoms. The van der Waals surface area contributed by atoms with E-state index in [0.29, 0.717) is 12.5 Å². The van der Waals surface area contributed by atoms with Gasteiger partial charge < -0.3 is 9.47 Å². The standard InChI is InChI=1S/C21H24N2O2/c1-2-24-21(13-22)18-6-4-3-5-17(18)19(25-21)23-20-10-14-7-15(11-20)9-16(8-14)12-20/h3-6,14-16H,2,7-12H2,1H3. The number of benzene rings is 1. The van der Waals surface area contributed by atoms with Crippen molar-refractivity contribution in [2.45, 2.75) is 56.8 Å². The van der Waals surface area contributed by atoms with Crippen LogP contribution in [0.4, 0.5) is 0 Å². The van der Waals surface area contributed by atoms with Crippen LogP contribution in [0.25, 0.3) is 0 Å². The second kappa shape index (κ2) is 5.32. The van der Waals surface area contributed by atoms with Crippen molar-refractivity contribution in [1.82, 2.24) is 0 Å². The fourth-order valence-corrected chi connectivity index (χ4v) is 6.13. The summed E-state index contributed by atoms with van der Waals surface area (Å²) in [7, 11) is 0. The van der Waals surface area contributed by atoms with Crippen LogP contribution in [0, 0.1) is 29.1 Å². The molecule has 0 spiro atoms. The van der Waals surface area contributed by atoms with Crippen molar-refractivity contribution in [2.24, 2.45) is 22.7 Å². The highest BCUT2D eigenvalue weighted by molar-refractivity contribution is 5.99. The van der Waals surface area contributed by atoms with Gasteiger partial charge in [-0.2, -0.15) is 5.26 Å². The van der Waals surface area contributed by atoms with Crippen LogP contribution in [0.2, 0.25) is 0 Å². The number of nitriles is 1. The van der Waals surface area contributed by atoms with Gasteiger partial charge in [0.05, 0.1) is 11.1 Å². The highest BCUT2D eigenvalue weighted by Gasteiger charge is 2.53. The van der Waals surface area contributed by atoms with Crippen LogP contribution in [0.3, 0.4) is 0 Å². The van der Waals surface area contributed by atoms with Crippen molar-refractivity contribution in [3.8, 4) is 6.07 Å². The maximum atomic E-state index is 9.79. The van der Waals surface area contributed by atoms with E-state index in [2.05, 4.69) is 6.07 Å². The van der Waals surface area contributed by atoms with Crippen molar-refractivity contribution in [3.05, 3.63) is 35.4 Å². The first-order valence-electron chi connectivity index (χ1n) is 9.59. The molecular formula is C21H24N2O2. The fourth-order valence-electron chi connectivity index (χ4n) is 6.13. The van der Waals surface area contributed by atoms with Gasteiger partial charge >= 0.3 is 5.79 Å². The molecule has 25 heavy (non-hydrogen) atoms. The number of hydrogen-bond donors (Lipinski definition) is 0. The zero-order chi connectivity index (χ0) is 17.1. The predicted octanol–water partition coefficient (Wildman–Crippen LogP) is 4.15. The molecule has 1 atom stereocenters. The maximum absolute atomic E-state index is 9.79. The summed E-state index contributed by atoms with van der Waals surface area (Å²) < 4.78 is 11.9. The minimum absolute atomic E-state index is 0.0228. The van der Waals surface area contributed by atoms with Gasteiger partial charge in [0, 0.05) is 12.2 Å². The highest BCUT2D eigenvalue weighted by Crippen LogP contribution is 2.57. The number of nitrogens with zero attached hydrogens (tertiary/aromatic N) is 2. The van der Waals surface area contributed by atoms with Gasteiger partial charge in [0.15, 0.2) is 0 Å². The monoisotopic (exact) mass is 336 g/mol. The molecule has 5 aliphatic rings. The third-order valence-electron chi connectivity index (χ3n) is 6.59. The zero-order valence-corrected chi connectivity index (χ0v) is 14.7. The summed E-state index contributed by atoms with van der Waals surface area (Å²) in [4.78, 5) is 5.20. The zero-order valence-electron chi connectivity index (χ0n) is 14.7. The number of rotatable bonds is 3. The summed E-state index contributed by atoms with van der Waals surface area (Å²) in [5.74, 6) is 1.78. The molecule has 0 saturated heterocycles. The molecule has 0 radical (unpaired) electrons. The molecule has 0 amide bonds. The minimum atomic E-state index is -1.34. The van der Waals surface area contributed by atoms with Gasteiger partial charge in [-0.05, 0) is 69.3 Å². The first-order chi connectivity index (χ1) is 12.2. The molecule has 1 heterocycles. The van der Waals surface area contributed by atoms with Gasteiger partial charge in [-0.15, -0.1) is 0 Å². The third-order valence-corrected chi connectivity index (χ3v) is 6.59. The molecule has 4 fully saturated rings. The largest absolute Gasteiger partial charge is 0.427 e. The second-order valence-electron chi connectivity index (χ2n) is 8.37. The van der Waals surface area contributed by atoms with Crippen LogP contribution in [-0.2, 0) is 15.3 Å². The van der Waals surface area contributed by atoms with Crippen molar-refractivity contribution in [1.29, 1.82) is 5.26 Å². The predicted molar refractivity (Wildman–Crippen MR) is 93.9 cm³/mol. The normalized spacial score (nSPS) is 42.2. The Balaban J connectivity index is 1.57. The molecule has 6 rings (SSSR count). The van der Waals surface area contributed by atoms with Crippen LogP contribution in [0.5, 0.6) is 0 Å². The molecule has 1 aliphatic heterocycles. The van der Waals surface area contributed by atoms with Crippen molar-refractivity contribution in [3.63, 3.8) is 0 Å². The molecule has 4 saturated carbocycles. The Bertz CT molecular complexity index is 743. The van der Waals surface area contributed by atoms with E-state index in [1.165, 1.54) is 38.5 Å². The number of hydrogen-bond acceptors (Lipinski definition) is 4. The van der Waals surface area contributed by atoms with Crippen LogP contribution in [0.1, 0.15) is 56.6 Å². The Hall–Kier alpha value is -1.86. The first-order valence-corrected chi connectivity index (χ1v) is 9.59. The van der Waals surface area contributed by atoms with Crippen LogP contribution in [0.15, 0.2) is 29.3 Å². The lowest BCUT2D eigenvalue weighted by Crippen LogP contribution is -2.49. The smallest absolute Gasteiger partial charge is 0.330 e. The summed E-state index contributed by atoms with van der Waals surface area (Å²) in [6.07, 6.45) is 7.72. The molecule has 4 aliphatic carbocycles. The van der Waals surface area contributed by atoms with Crippen molar-refractivity contribution in [2.75, 3.05) is 6.61 Å². The second-order valence-corrected chi connectivity index (χ2v) is 8.37. The van der Waals surface area contributed by atoms with E-state index in [1.807, 2.05) is 31.2 Å². The van der Waals surface area contributed by atoms with Crippen LogP contribution >= 0.6 is 0 Å². The lowest BCUT2D eigenvalue weighted by molar-refractivity contribution is -0.145. The van der Waals surface area contributed by atoms with E-state index in [-0.39, 0.29) is 5.54 Å². The van der Waals surface area contributed by atoms with E-state index >= 15 is 0 Å². The molecule has 1 unspecified atom stereocenters. The molecule has 4 nitrogen and oxygen atoms in total. The Morgan fingerprint density at radius 1 is 1.16 bits per heavy atom. The number of aliphatic imine (C=N–C) groups is 1. The van der Waals surface area contributed by atoms with E-state index in [9.17, 15) is 5.26 Å². The highest BCUT2D eigenvalue weighted by atomic mass is 16.7. The molecule has 1 aromatic rings. The van der Waals surface area contributed by atoms with E-state index < -0.39 is 5.79 Å². The molecule has 0 N–H and O–H groups in total. The van der Waals surface area contributed by atoms with E-state index in [4.69, 9.17) is 14.5 Å². The Kier molecular flexibility index (Phi) is 3.27. The SMILES string of the molecule is CCOC1(C#N)OC(=NC23CC4CC(CC(C4)C2)C3)c2ccccc21. The third kappa shape index (κ3) is 2.25. The average molecular weight is 336 g/mol. The first kappa shape index (κ1) is 15.4. The quantitative estimate of drug-likeness (QED) is 0.833. The molecule has 1 aromatic carbocycles. The lowest BCUT2D eigenvalue weighted by atomic mass is 9.53.